The van der Waals surface area contributed by atoms with Crippen molar-refractivity contribution in [2.45, 2.75) is 13.0 Å². The van der Waals surface area contributed by atoms with E-state index in [0.717, 1.165) is 73.8 Å². The average Bonchev–Trinajstić information content (AvgIpc) is 2.77. The molecule has 0 aliphatic carbocycles. The second kappa shape index (κ2) is 9.20. The minimum absolute atomic E-state index is 0.198. The first kappa shape index (κ1) is 19.6. The normalized spacial score (nSPS) is 14.3. The van der Waals surface area contributed by atoms with Crippen LogP contribution in [0.2, 0.25) is 0 Å². The Balaban J connectivity index is 1.51. The number of hydrogen-bond donors (Lipinski definition) is 1. The highest BCUT2D eigenvalue weighted by Gasteiger charge is 2.17. The van der Waals surface area contributed by atoms with Crippen molar-refractivity contribution in [3.63, 3.8) is 0 Å². The van der Waals surface area contributed by atoms with Gasteiger partial charge in [-0.15, -0.1) is 0 Å². The summed E-state index contributed by atoms with van der Waals surface area (Å²) in [6.07, 6.45) is 0.853. The summed E-state index contributed by atoms with van der Waals surface area (Å²) in [6, 6.07) is 14.9. The number of pyridine rings is 1. The van der Waals surface area contributed by atoms with Crippen LogP contribution in [0.4, 0.5) is 10.2 Å². The number of nitrogens with one attached hydrogen (secondary N) is 1. The maximum absolute atomic E-state index is 13.0. The molecule has 0 bridgehead atoms. The van der Waals surface area contributed by atoms with Crippen LogP contribution in [0.3, 0.4) is 0 Å². The monoisotopic (exact) mass is 395 g/mol. The first-order valence-electron chi connectivity index (χ1n) is 9.98. The van der Waals surface area contributed by atoms with Crippen molar-refractivity contribution in [1.82, 2.24) is 10.3 Å². The fourth-order valence-corrected chi connectivity index (χ4v) is 3.59. The van der Waals surface area contributed by atoms with Crippen LogP contribution in [0.1, 0.15) is 11.1 Å². The molecule has 0 radical (unpaired) electrons. The quantitative estimate of drug-likeness (QED) is 0.620. The molecule has 0 atom stereocenters. The van der Waals surface area contributed by atoms with E-state index in [0.29, 0.717) is 0 Å². The Labute approximate surface area is 170 Å². The van der Waals surface area contributed by atoms with Crippen molar-refractivity contribution in [3.05, 3.63) is 65.5 Å². The number of benzene rings is 2. The summed E-state index contributed by atoms with van der Waals surface area (Å²) in [4.78, 5) is 7.25. The number of fused-ring (bicyclic) bond motifs is 1. The molecule has 1 aromatic heterocycles. The van der Waals surface area contributed by atoms with Gasteiger partial charge in [-0.1, -0.05) is 12.1 Å². The Morgan fingerprint density at radius 3 is 2.66 bits per heavy atom. The molecule has 2 heterocycles. The van der Waals surface area contributed by atoms with E-state index < -0.39 is 0 Å². The van der Waals surface area contributed by atoms with Crippen LogP contribution in [0.25, 0.3) is 10.9 Å². The van der Waals surface area contributed by atoms with E-state index in [1.807, 2.05) is 30.3 Å². The van der Waals surface area contributed by atoms with E-state index in [4.69, 9.17) is 14.5 Å². The first-order valence-corrected chi connectivity index (χ1v) is 9.98. The van der Waals surface area contributed by atoms with Crippen molar-refractivity contribution in [1.29, 1.82) is 0 Å². The lowest BCUT2D eigenvalue weighted by molar-refractivity contribution is 0.122. The van der Waals surface area contributed by atoms with Crippen LogP contribution in [0.5, 0.6) is 5.75 Å². The maximum Gasteiger partial charge on any atom is 0.133 e. The largest absolute Gasteiger partial charge is 0.497 e. The van der Waals surface area contributed by atoms with Crippen LogP contribution < -0.4 is 15.0 Å². The third-order valence-corrected chi connectivity index (χ3v) is 5.21. The molecule has 1 fully saturated rings. The summed E-state index contributed by atoms with van der Waals surface area (Å²) >= 11 is 0. The fraction of sp³-hybridized carbons (Fsp3) is 0.348. The van der Waals surface area contributed by atoms with Crippen molar-refractivity contribution in [2.75, 3.05) is 44.9 Å². The van der Waals surface area contributed by atoms with Gasteiger partial charge in [0, 0.05) is 36.7 Å². The van der Waals surface area contributed by atoms with Crippen LogP contribution in [0, 0.1) is 5.82 Å². The smallest absolute Gasteiger partial charge is 0.133 e. The van der Waals surface area contributed by atoms with Gasteiger partial charge in [0.1, 0.15) is 17.4 Å². The Morgan fingerprint density at radius 1 is 1.10 bits per heavy atom. The molecule has 1 aliphatic rings. The summed E-state index contributed by atoms with van der Waals surface area (Å²) in [5, 5.41) is 4.61. The summed E-state index contributed by atoms with van der Waals surface area (Å²) in [7, 11) is 1.67. The minimum atomic E-state index is -0.198. The number of anilines is 1. The maximum atomic E-state index is 13.0. The van der Waals surface area contributed by atoms with Crippen LogP contribution in [0.15, 0.2) is 48.5 Å². The van der Waals surface area contributed by atoms with E-state index >= 15 is 0 Å². The van der Waals surface area contributed by atoms with E-state index in [1.54, 1.807) is 7.11 Å². The standard InChI is InChI=1S/C23H26FN3O2/c1-28-21-7-4-18-14-19(16-25-9-8-17-2-5-20(24)6-3-17)23(26-22(18)15-21)27-10-12-29-13-11-27/h2-7,14-15,25H,8-13,16H2,1H3. The topological polar surface area (TPSA) is 46.6 Å². The van der Waals surface area contributed by atoms with Gasteiger partial charge in [-0.2, -0.15) is 0 Å². The Morgan fingerprint density at radius 2 is 1.90 bits per heavy atom. The zero-order valence-corrected chi connectivity index (χ0v) is 16.7. The van der Waals surface area contributed by atoms with Gasteiger partial charge in [0.25, 0.3) is 0 Å². The molecule has 0 amide bonds. The Bertz CT molecular complexity index is 956. The molecule has 1 saturated heterocycles. The molecule has 5 nitrogen and oxygen atoms in total. The van der Waals surface area contributed by atoms with Gasteiger partial charge < -0.3 is 19.7 Å². The fourth-order valence-electron chi connectivity index (χ4n) is 3.59. The zero-order chi connectivity index (χ0) is 20.1. The Kier molecular flexibility index (Phi) is 6.22. The summed E-state index contributed by atoms with van der Waals surface area (Å²) < 4.78 is 23.9. The zero-order valence-electron chi connectivity index (χ0n) is 16.7. The summed E-state index contributed by atoms with van der Waals surface area (Å²) in [6.45, 7) is 4.65. The van der Waals surface area contributed by atoms with E-state index in [2.05, 4.69) is 16.3 Å². The SMILES string of the molecule is COc1ccc2cc(CNCCc3ccc(F)cc3)c(N3CCOCC3)nc2c1. The molecule has 3 aromatic rings. The molecule has 29 heavy (non-hydrogen) atoms. The lowest BCUT2D eigenvalue weighted by atomic mass is 10.1. The van der Waals surface area contributed by atoms with Crippen LogP contribution >= 0.6 is 0 Å². The molecule has 152 valence electrons. The summed E-state index contributed by atoms with van der Waals surface area (Å²) in [5.41, 5.74) is 3.22. The number of rotatable bonds is 7. The highest BCUT2D eigenvalue weighted by Crippen LogP contribution is 2.27. The Hall–Kier alpha value is -2.70. The minimum Gasteiger partial charge on any atom is -0.497 e. The molecular weight excluding hydrogens is 369 g/mol. The van der Waals surface area contributed by atoms with Crippen molar-refractivity contribution in [3.8, 4) is 5.75 Å². The average molecular weight is 395 g/mol. The second-order valence-electron chi connectivity index (χ2n) is 7.18. The number of methoxy groups -OCH3 is 1. The van der Waals surface area contributed by atoms with Crippen molar-refractivity contribution >= 4 is 16.7 Å². The van der Waals surface area contributed by atoms with Gasteiger partial charge in [-0.05, 0) is 48.9 Å². The number of halogens is 1. The number of aromatic nitrogens is 1. The van der Waals surface area contributed by atoms with Gasteiger partial charge in [-0.3, -0.25) is 0 Å². The molecule has 0 unspecified atom stereocenters. The molecule has 1 N–H and O–H groups in total. The third-order valence-electron chi connectivity index (χ3n) is 5.21. The number of morpholine rings is 1. The molecule has 0 spiro atoms. The third kappa shape index (κ3) is 4.83. The summed E-state index contributed by atoms with van der Waals surface area (Å²) in [5.74, 6) is 1.61. The molecule has 4 rings (SSSR count). The van der Waals surface area contributed by atoms with E-state index in [1.165, 1.54) is 17.7 Å². The molecular formula is C23H26FN3O2. The van der Waals surface area contributed by atoms with Crippen LogP contribution in [-0.4, -0.2) is 44.9 Å². The van der Waals surface area contributed by atoms with Gasteiger partial charge in [0.15, 0.2) is 0 Å². The second-order valence-corrected chi connectivity index (χ2v) is 7.18. The van der Waals surface area contributed by atoms with Gasteiger partial charge >= 0.3 is 0 Å². The highest BCUT2D eigenvalue weighted by molar-refractivity contribution is 5.83. The number of nitrogens with zero attached hydrogens (tertiary/aromatic N) is 2. The van der Waals surface area contributed by atoms with E-state index in [-0.39, 0.29) is 5.82 Å². The lowest BCUT2D eigenvalue weighted by Crippen LogP contribution is -2.37. The predicted octanol–water partition coefficient (Wildman–Crippen LogP) is 3.55. The van der Waals surface area contributed by atoms with Gasteiger partial charge in [0.05, 0.1) is 25.8 Å². The molecule has 6 heteroatoms. The molecule has 2 aromatic carbocycles. The molecule has 1 aliphatic heterocycles. The van der Waals surface area contributed by atoms with Crippen molar-refractivity contribution in [2.24, 2.45) is 0 Å². The highest BCUT2D eigenvalue weighted by atomic mass is 19.1. The lowest BCUT2D eigenvalue weighted by Gasteiger charge is -2.30. The molecule has 0 saturated carbocycles. The van der Waals surface area contributed by atoms with Gasteiger partial charge in [-0.25, -0.2) is 9.37 Å². The predicted molar refractivity (Wildman–Crippen MR) is 113 cm³/mol. The van der Waals surface area contributed by atoms with E-state index in [9.17, 15) is 4.39 Å². The number of ether oxygens (including phenoxy) is 2. The first-order chi connectivity index (χ1) is 14.2. The van der Waals surface area contributed by atoms with Gasteiger partial charge in [0.2, 0.25) is 0 Å². The van der Waals surface area contributed by atoms with Crippen molar-refractivity contribution < 1.29 is 13.9 Å². The van der Waals surface area contributed by atoms with Crippen LogP contribution in [-0.2, 0) is 17.7 Å². The number of hydrogen-bond acceptors (Lipinski definition) is 5.